The maximum Gasteiger partial charge on any atom is 0.119 e. The van der Waals surface area contributed by atoms with E-state index in [1.807, 2.05) is 33.7 Å². The molecule has 0 heterocycles. The van der Waals surface area contributed by atoms with Gasteiger partial charge < -0.3 is 9.47 Å². The van der Waals surface area contributed by atoms with Crippen molar-refractivity contribution >= 4 is 21.6 Å². The van der Waals surface area contributed by atoms with Gasteiger partial charge in [-0.1, -0.05) is 59.7 Å². The van der Waals surface area contributed by atoms with Crippen LogP contribution in [0.3, 0.4) is 0 Å². The Morgan fingerprint density at radius 1 is 0.750 bits per heavy atom. The van der Waals surface area contributed by atoms with Crippen molar-refractivity contribution < 1.29 is 9.47 Å². The second kappa shape index (κ2) is 9.90. The third-order valence-corrected chi connectivity index (χ3v) is 7.47. The van der Waals surface area contributed by atoms with E-state index in [9.17, 15) is 0 Å². The molecule has 4 heteroatoms. The second-order valence-corrected chi connectivity index (χ2v) is 8.22. The summed E-state index contributed by atoms with van der Waals surface area (Å²) < 4.78 is 10.7. The summed E-state index contributed by atoms with van der Waals surface area (Å²) >= 11 is 0. The van der Waals surface area contributed by atoms with Crippen molar-refractivity contribution in [3.8, 4) is 11.5 Å². The van der Waals surface area contributed by atoms with Crippen molar-refractivity contribution in [3.63, 3.8) is 0 Å². The normalized spacial score (nSPS) is 13.3. The van der Waals surface area contributed by atoms with E-state index in [-0.39, 0.29) is 0 Å². The van der Waals surface area contributed by atoms with Crippen LogP contribution in [0.5, 0.6) is 11.5 Å². The zero-order valence-corrected chi connectivity index (χ0v) is 16.5. The third-order valence-electron chi connectivity index (χ3n) is 3.96. The standard InChI is InChI=1S/C20H26O2S2/c1-5-19(15-9-7-11-17(13-15)21-3)23-24-20(6-2)16-10-8-12-18(14-16)22-4/h7-14,19-20H,5-6H2,1-4H3/t19-,20-/m0/s1. The molecule has 0 spiro atoms. The Bertz CT molecular complexity index is 575. The Morgan fingerprint density at radius 3 is 1.50 bits per heavy atom. The third kappa shape index (κ3) is 5.12. The van der Waals surface area contributed by atoms with Crippen molar-refractivity contribution in [1.82, 2.24) is 0 Å². The van der Waals surface area contributed by atoms with Gasteiger partial charge in [0, 0.05) is 10.5 Å². The summed E-state index contributed by atoms with van der Waals surface area (Å²) in [7, 11) is 7.35. The van der Waals surface area contributed by atoms with Crippen molar-refractivity contribution in [1.29, 1.82) is 0 Å². The Kier molecular flexibility index (Phi) is 7.86. The smallest absolute Gasteiger partial charge is 0.119 e. The van der Waals surface area contributed by atoms with Gasteiger partial charge in [0.15, 0.2) is 0 Å². The zero-order chi connectivity index (χ0) is 17.4. The Balaban J connectivity index is 2.07. The Labute approximate surface area is 153 Å². The molecular formula is C20H26O2S2. The van der Waals surface area contributed by atoms with Crippen LogP contribution in [0.1, 0.15) is 48.3 Å². The average Bonchev–Trinajstić information content (AvgIpc) is 2.65. The molecule has 2 rings (SSSR count). The predicted octanol–water partition coefficient (Wildman–Crippen LogP) is 6.69. The molecule has 0 saturated heterocycles. The number of rotatable bonds is 9. The first-order valence-electron chi connectivity index (χ1n) is 8.31. The number of benzene rings is 2. The van der Waals surface area contributed by atoms with Gasteiger partial charge >= 0.3 is 0 Å². The monoisotopic (exact) mass is 362 g/mol. The minimum Gasteiger partial charge on any atom is -0.497 e. The molecule has 0 radical (unpaired) electrons. The molecule has 0 aliphatic carbocycles. The van der Waals surface area contributed by atoms with Crippen LogP contribution >= 0.6 is 21.6 Å². The molecule has 0 bridgehead atoms. The first-order valence-corrected chi connectivity index (χ1v) is 10.6. The van der Waals surface area contributed by atoms with Crippen LogP contribution < -0.4 is 9.47 Å². The highest BCUT2D eigenvalue weighted by molar-refractivity contribution is 8.76. The molecule has 0 aliphatic rings. The van der Waals surface area contributed by atoms with E-state index in [0.717, 1.165) is 24.3 Å². The lowest BCUT2D eigenvalue weighted by Gasteiger charge is -2.20. The van der Waals surface area contributed by atoms with Gasteiger partial charge in [-0.25, -0.2) is 0 Å². The largest absolute Gasteiger partial charge is 0.497 e. The van der Waals surface area contributed by atoms with Gasteiger partial charge in [-0.3, -0.25) is 0 Å². The number of hydrogen-bond acceptors (Lipinski definition) is 4. The van der Waals surface area contributed by atoms with Crippen molar-refractivity contribution in [2.24, 2.45) is 0 Å². The molecule has 2 atom stereocenters. The zero-order valence-electron chi connectivity index (χ0n) is 14.8. The van der Waals surface area contributed by atoms with Gasteiger partial charge in [0.2, 0.25) is 0 Å². The molecule has 0 fully saturated rings. The fraction of sp³-hybridized carbons (Fsp3) is 0.400. The minimum absolute atomic E-state index is 0.463. The molecule has 0 aliphatic heterocycles. The maximum atomic E-state index is 5.36. The first kappa shape index (κ1) is 19.1. The molecule has 2 nitrogen and oxygen atoms in total. The number of hydrogen-bond donors (Lipinski definition) is 0. The molecule has 0 saturated carbocycles. The Hall–Kier alpha value is -1.26. The van der Waals surface area contributed by atoms with Crippen molar-refractivity contribution in [3.05, 3.63) is 59.7 Å². The van der Waals surface area contributed by atoms with Gasteiger partial charge in [-0.05, 0) is 48.2 Å². The highest BCUT2D eigenvalue weighted by Gasteiger charge is 2.17. The van der Waals surface area contributed by atoms with E-state index >= 15 is 0 Å². The summed E-state index contributed by atoms with van der Waals surface area (Å²) in [6.07, 6.45) is 2.19. The minimum atomic E-state index is 0.463. The van der Waals surface area contributed by atoms with Gasteiger partial charge in [-0.15, -0.1) is 0 Å². The van der Waals surface area contributed by atoms with Crippen LogP contribution in [0.15, 0.2) is 48.5 Å². The lowest BCUT2D eigenvalue weighted by molar-refractivity contribution is 0.414. The van der Waals surface area contributed by atoms with Crippen LogP contribution in [-0.4, -0.2) is 14.2 Å². The molecule has 2 aromatic carbocycles. The van der Waals surface area contributed by atoms with Crippen LogP contribution in [0.4, 0.5) is 0 Å². The highest BCUT2D eigenvalue weighted by atomic mass is 33.1. The van der Waals surface area contributed by atoms with E-state index in [0.29, 0.717) is 10.5 Å². The predicted molar refractivity (Wildman–Crippen MR) is 107 cm³/mol. The van der Waals surface area contributed by atoms with Gasteiger partial charge in [0.05, 0.1) is 14.2 Å². The number of methoxy groups -OCH3 is 2. The molecule has 0 unspecified atom stereocenters. The summed E-state index contributed by atoms with van der Waals surface area (Å²) in [5, 5.41) is 0.925. The highest BCUT2D eigenvalue weighted by Crippen LogP contribution is 2.49. The fourth-order valence-corrected chi connectivity index (χ4v) is 5.88. The summed E-state index contributed by atoms with van der Waals surface area (Å²) in [5.41, 5.74) is 2.66. The molecule has 0 amide bonds. The molecule has 2 aromatic rings. The molecular weight excluding hydrogens is 336 g/mol. The molecule has 0 aromatic heterocycles. The summed E-state index contributed by atoms with van der Waals surface area (Å²) in [4.78, 5) is 0. The van der Waals surface area contributed by atoms with E-state index in [1.54, 1.807) is 14.2 Å². The topological polar surface area (TPSA) is 18.5 Å². The van der Waals surface area contributed by atoms with Crippen LogP contribution in [0, 0.1) is 0 Å². The van der Waals surface area contributed by atoms with E-state index < -0.39 is 0 Å². The van der Waals surface area contributed by atoms with Crippen molar-refractivity contribution in [2.45, 2.75) is 37.2 Å². The van der Waals surface area contributed by atoms with Crippen LogP contribution in [0.2, 0.25) is 0 Å². The summed E-state index contributed by atoms with van der Waals surface area (Å²) in [6.45, 7) is 4.48. The quantitative estimate of drug-likeness (QED) is 0.462. The van der Waals surface area contributed by atoms with Gasteiger partial charge in [-0.2, -0.15) is 0 Å². The van der Waals surface area contributed by atoms with Crippen LogP contribution in [-0.2, 0) is 0 Å². The second-order valence-electron chi connectivity index (χ2n) is 5.54. The SMILES string of the molecule is CC[C@H](SS[C@@H](CC)c1cccc(OC)c1)c1cccc(OC)c1. The Morgan fingerprint density at radius 2 is 1.17 bits per heavy atom. The average molecular weight is 363 g/mol. The van der Waals surface area contributed by atoms with E-state index in [2.05, 4.69) is 50.2 Å². The van der Waals surface area contributed by atoms with Crippen molar-refractivity contribution in [2.75, 3.05) is 14.2 Å². The summed E-state index contributed by atoms with van der Waals surface area (Å²) in [5.74, 6) is 1.85. The van der Waals surface area contributed by atoms with Gasteiger partial charge in [0.1, 0.15) is 11.5 Å². The fourth-order valence-electron chi connectivity index (χ4n) is 2.54. The lowest BCUT2D eigenvalue weighted by Crippen LogP contribution is -1.95. The van der Waals surface area contributed by atoms with Crippen LogP contribution in [0.25, 0.3) is 0 Å². The van der Waals surface area contributed by atoms with Gasteiger partial charge in [0.25, 0.3) is 0 Å². The molecule has 0 N–H and O–H groups in total. The molecule has 130 valence electrons. The first-order chi connectivity index (χ1) is 11.7. The number of ether oxygens (including phenoxy) is 2. The lowest BCUT2D eigenvalue weighted by atomic mass is 10.1. The molecule has 24 heavy (non-hydrogen) atoms. The van der Waals surface area contributed by atoms with E-state index in [4.69, 9.17) is 9.47 Å². The summed E-state index contributed by atoms with van der Waals surface area (Å²) in [6, 6.07) is 16.8. The maximum absolute atomic E-state index is 5.36. The van der Waals surface area contributed by atoms with E-state index in [1.165, 1.54) is 11.1 Å².